The Morgan fingerprint density at radius 3 is 2.25 bits per heavy atom. The van der Waals surface area contributed by atoms with Crippen LogP contribution in [0.2, 0.25) is 0 Å². The molecule has 0 N–H and O–H groups in total. The molecule has 0 aromatic carbocycles. The Hall–Kier alpha value is -1.06. The SMILES string of the molecule is CC1C(=O)N(C2CC2)C(=O)N1C. The van der Waals surface area contributed by atoms with Crippen molar-refractivity contribution in [3.8, 4) is 0 Å². The molecule has 1 aliphatic heterocycles. The Bertz CT molecular complexity index is 227. The smallest absolute Gasteiger partial charge is 0.316 e. The lowest BCUT2D eigenvalue weighted by atomic mass is 10.3. The zero-order valence-electron chi connectivity index (χ0n) is 7.28. The molecule has 4 heteroatoms. The van der Waals surface area contributed by atoms with Gasteiger partial charge in [-0.2, -0.15) is 0 Å². The van der Waals surface area contributed by atoms with Crippen molar-refractivity contribution in [2.24, 2.45) is 0 Å². The highest BCUT2D eigenvalue weighted by Crippen LogP contribution is 2.31. The number of nitrogens with zero attached hydrogens (tertiary/aromatic N) is 2. The molecule has 1 atom stereocenters. The molecule has 2 fully saturated rings. The fraction of sp³-hybridized carbons (Fsp3) is 0.750. The molecule has 0 aromatic rings. The molecule has 1 heterocycles. The lowest BCUT2D eigenvalue weighted by Gasteiger charge is -2.12. The lowest BCUT2D eigenvalue weighted by molar-refractivity contribution is -0.128. The molecule has 3 amide bonds. The van der Waals surface area contributed by atoms with Crippen molar-refractivity contribution in [2.75, 3.05) is 7.05 Å². The van der Waals surface area contributed by atoms with Gasteiger partial charge in [-0.25, -0.2) is 4.79 Å². The first-order chi connectivity index (χ1) is 5.63. The fourth-order valence-electron chi connectivity index (χ4n) is 1.47. The molecular weight excluding hydrogens is 156 g/mol. The van der Waals surface area contributed by atoms with Gasteiger partial charge in [0.1, 0.15) is 6.04 Å². The number of amides is 3. The van der Waals surface area contributed by atoms with Crippen LogP contribution in [0.5, 0.6) is 0 Å². The zero-order chi connectivity index (χ0) is 8.88. The molecule has 1 saturated carbocycles. The summed E-state index contributed by atoms with van der Waals surface area (Å²) in [5.41, 5.74) is 0. The fourth-order valence-corrected chi connectivity index (χ4v) is 1.47. The van der Waals surface area contributed by atoms with Crippen LogP contribution < -0.4 is 0 Å². The first-order valence-corrected chi connectivity index (χ1v) is 4.23. The Kier molecular flexibility index (Phi) is 1.40. The predicted molar refractivity (Wildman–Crippen MR) is 42.5 cm³/mol. The van der Waals surface area contributed by atoms with E-state index in [2.05, 4.69) is 0 Å². The normalized spacial score (nSPS) is 30.3. The molecule has 1 saturated heterocycles. The van der Waals surface area contributed by atoms with E-state index >= 15 is 0 Å². The molecule has 1 unspecified atom stereocenters. The number of carbonyl (C=O) groups is 2. The first kappa shape index (κ1) is 7.58. The second kappa shape index (κ2) is 2.21. The van der Waals surface area contributed by atoms with E-state index in [9.17, 15) is 9.59 Å². The summed E-state index contributed by atoms with van der Waals surface area (Å²) in [5.74, 6) is -0.0370. The predicted octanol–water partition coefficient (Wildman–Crippen LogP) is 0.431. The summed E-state index contributed by atoms with van der Waals surface area (Å²) in [5, 5.41) is 0. The monoisotopic (exact) mass is 168 g/mol. The molecule has 4 nitrogen and oxygen atoms in total. The van der Waals surface area contributed by atoms with Crippen molar-refractivity contribution < 1.29 is 9.59 Å². The second-order valence-corrected chi connectivity index (χ2v) is 3.51. The van der Waals surface area contributed by atoms with Crippen LogP contribution in [0.3, 0.4) is 0 Å². The van der Waals surface area contributed by atoms with Crippen LogP contribution in [-0.2, 0) is 4.79 Å². The van der Waals surface area contributed by atoms with E-state index < -0.39 is 0 Å². The van der Waals surface area contributed by atoms with Crippen molar-refractivity contribution in [1.29, 1.82) is 0 Å². The summed E-state index contributed by atoms with van der Waals surface area (Å²) in [6.07, 6.45) is 1.97. The van der Waals surface area contributed by atoms with Gasteiger partial charge in [-0.15, -0.1) is 0 Å². The second-order valence-electron chi connectivity index (χ2n) is 3.51. The Morgan fingerprint density at radius 1 is 1.33 bits per heavy atom. The third kappa shape index (κ3) is 0.838. The van der Waals surface area contributed by atoms with Gasteiger partial charge in [0.2, 0.25) is 0 Å². The minimum atomic E-state index is -0.266. The Labute approximate surface area is 71.1 Å². The first-order valence-electron chi connectivity index (χ1n) is 4.23. The summed E-state index contributed by atoms with van der Waals surface area (Å²) in [7, 11) is 1.67. The summed E-state index contributed by atoms with van der Waals surface area (Å²) in [6, 6.07) is -0.189. The summed E-state index contributed by atoms with van der Waals surface area (Å²) in [6.45, 7) is 1.77. The summed E-state index contributed by atoms with van der Waals surface area (Å²) in [4.78, 5) is 25.8. The molecule has 12 heavy (non-hydrogen) atoms. The number of rotatable bonds is 1. The van der Waals surface area contributed by atoms with Crippen molar-refractivity contribution >= 4 is 11.9 Å². The van der Waals surface area contributed by atoms with Gasteiger partial charge >= 0.3 is 6.03 Å². The molecule has 2 aliphatic rings. The summed E-state index contributed by atoms with van der Waals surface area (Å²) < 4.78 is 0. The molecule has 66 valence electrons. The van der Waals surface area contributed by atoms with Gasteiger partial charge in [-0.05, 0) is 19.8 Å². The molecule has 1 aliphatic carbocycles. The molecular formula is C8H12N2O2. The van der Waals surface area contributed by atoms with Gasteiger partial charge in [-0.3, -0.25) is 9.69 Å². The largest absolute Gasteiger partial charge is 0.327 e. The van der Waals surface area contributed by atoms with E-state index in [1.807, 2.05) is 0 Å². The highest BCUT2D eigenvalue weighted by atomic mass is 16.2. The maximum atomic E-state index is 11.5. The number of likely N-dealkylation sites (N-methyl/N-ethyl adjacent to an activating group) is 1. The standard InChI is InChI=1S/C8H12N2O2/c1-5-7(11)10(6-3-4-6)8(12)9(5)2/h5-6H,3-4H2,1-2H3. The number of hydrogen-bond donors (Lipinski definition) is 0. The van der Waals surface area contributed by atoms with Gasteiger partial charge in [0, 0.05) is 13.1 Å². The minimum Gasteiger partial charge on any atom is -0.316 e. The van der Waals surface area contributed by atoms with Crippen LogP contribution >= 0.6 is 0 Å². The highest BCUT2D eigenvalue weighted by molar-refractivity contribution is 6.04. The molecule has 2 rings (SSSR count). The van der Waals surface area contributed by atoms with Gasteiger partial charge in [0.25, 0.3) is 5.91 Å². The van der Waals surface area contributed by atoms with E-state index in [4.69, 9.17) is 0 Å². The third-order valence-electron chi connectivity index (χ3n) is 2.60. The maximum Gasteiger partial charge on any atom is 0.327 e. The van der Waals surface area contributed by atoms with Gasteiger partial charge < -0.3 is 4.90 Å². The average molecular weight is 168 g/mol. The van der Waals surface area contributed by atoms with Crippen LogP contribution in [0.25, 0.3) is 0 Å². The van der Waals surface area contributed by atoms with Crippen LogP contribution in [-0.4, -0.2) is 40.9 Å². The lowest BCUT2D eigenvalue weighted by Crippen LogP contribution is -2.33. The average Bonchev–Trinajstić information content (AvgIpc) is 2.82. The van der Waals surface area contributed by atoms with Crippen molar-refractivity contribution in [3.05, 3.63) is 0 Å². The van der Waals surface area contributed by atoms with E-state index in [1.165, 1.54) is 9.80 Å². The number of hydrogen-bond acceptors (Lipinski definition) is 2. The van der Waals surface area contributed by atoms with Crippen LogP contribution in [0, 0.1) is 0 Å². The van der Waals surface area contributed by atoms with Gasteiger partial charge in [0.15, 0.2) is 0 Å². The zero-order valence-corrected chi connectivity index (χ0v) is 7.28. The Morgan fingerprint density at radius 2 is 1.92 bits per heavy atom. The number of urea groups is 1. The maximum absolute atomic E-state index is 11.5. The van der Waals surface area contributed by atoms with Crippen LogP contribution in [0.4, 0.5) is 4.79 Å². The van der Waals surface area contributed by atoms with Crippen molar-refractivity contribution in [3.63, 3.8) is 0 Å². The topological polar surface area (TPSA) is 40.6 Å². The van der Waals surface area contributed by atoms with Crippen LogP contribution in [0.1, 0.15) is 19.8 Å². The van der Waals surface area contributed by atoms with E-state index in [0.29, 0.717) is 0 Å². The quantitative estimate of drug-likeness (QED) is 0.533. The molecule has 0 radical (unpaired) electrons. The van der Waals surface area contributed by atoms with Gasteiger partial charge in [-0.1, -0.05) is 0 Å². The summed E-state index contributed by atoms with van der Waals surface area (Å²) >= 11 is 0. The van der Waals surface area contributed by atoms with Crippen LogP contribution in [0.15, 0.2) is 0 Å². The molecule has 0 aromatic heterocycles. The van der Waals surface area contributed by atoms with E-state index in [0.717, 1.165) is 12.8 Å². The minimum absolute atomic E-state index is 0.0370. The third-order valence-corrected chi connectivity index (χ3v) is 2.60. The van der Waals surface area contributed by atoms with E-state index in [-0.39, 0.29) is 24.0 Å². The van der Waals surface area contributed by atoms with E-state index in [1.54, 1.807) is 14.0 Å². The van der Waals surface area contributed by atoms with Crippen molar-refractivity contribution in [1.82, 2.24) is 9.80 Å². The molecule has 0 spiro atoms. The highest BCUT2D eigenvalue weighted by Gasteiger charge is 2.47. The number of carbonyl (C=O) groups excluding carboxylic acids is 2. The Balaban J connectivity index is 2.23. The molecule has 0 bridgehead atoms. The number of imide groups is 1. The van der Waals surface area contributed by atoms with Crippen molar-refractivity contribution in [2.45, 2.75) is 31.8 Å². The van der Waals surface area contributed by atoms with Gasteiger partial charge in [0.05, 0.1) is 0 Å².